The summed E-state index contributed by atoms with van der Waals surface area (Å²) in [5, 5.41) is 5.20. The average molecular weight is 436 g/mol. The number of rotatable bonds is 5. The molecule has 11 heteroatoms. The van der Waals surface area contributed by atoms with Crippen LogP contribution in [-0.2, 0) is 18.3 Å². The number of piperazine rings is 1. The predicted molar refractivity (Wildman–Crippen MR) is 121 cm³/mol. The van der Waals surface area contributed by atoms with Crippen LogP contribution in [0.4, 0.5) is 11.6 Å². The molecule has 0 aliphatic carbocycles. The van der Waals surface area contributed by atoms with Crippen molar-refractivity contribution in [3.05, 3.63) is 51.4 Å². The van der Waals surface area contributed by atoms with Gasteiger partial charge in [0.25, 0.3) is 11.1 Å². The minimum atomic E-state index is -0.183. The third-order valence-electron chi connectivity index (χ3n) is 5.88. The predicted octanol–water partition coefficient (Wildman–Crippen LogP) is 0.340. The van der Waals surface area contributed by atoms with E-state index in [9.17, 15) is 9.59 Å². The Morgan fingerprint density at radius 3 is 2.66 bits per heavy atom. The monoisotopic (exact) mass is 436 g/mol. The molecule has 5 rings (SSSR count). The van der Waals surface area contributed by atoms with Crippen LogP contribution in [0.5, 0.6) is 0 Å². The van der Waals surface area contributed by atoms with Gasteiger partial charge in [-0.1, -0.05) is 0 Å². The largest absolute Gasteiger partial charge is 0.383 e. The lowest BCUT2D eigenvalue weighted by atomic mass is 10.2. The summed E-state index contributed by atoms with van der Waals surface area (Å²) in [6.45, 7) is 3.85. The molecule has 0 unspecified atom stereocenters. The van der Waals surface area contributed by atoms with Crippen LogP contribution in [0.1, 0.15) is 0 Å². The molecule has 3 aromatic heterocycles. The fourth-order valence-electron chi connectivity index (χ4n) is 4.04. The number of nitrogens with zero attached hydrogens (tertiary/aromatic N) is 7. The number of aromatic amines is 1. The summed E-state index contributed by atoms with van der Waals surface area (Å²) in [7, 11) is 3.38. The van der Waals surface area contributed by atoms with Crippen LogP contribution in [0.25, 0.3) is 21.9 Å². The maximum atomic E-state index is 12.7. The average Bonchev–Trinajstić information content (AvgIpc) is 3.20. The van der Waals surface area contributed by atoms with Crippen LogP contribution in [0, 0.1) is 0 Å². The van der Waals surface area contributed by atoms with Crippen molar-refractivity contribution in [3.63, 3.8) is 0 Å². The van der Waals surface area contributed by atoms with E-state index in [0.717, 1.165) is 18.8 Å². The third-order valence-corrected chi connectivity index (χ3v) is 5.88. The van der Waals surface area contributed by atoms with E-state index < -0.39 is 0 Å². The summed E-state index contributed by atoms with van der Waals surface area (Å²) in [5.41, 5.74) is 2.02. The Hall–Kier alpha value is -3.73. The Kier molecular flexibility index (Phi) is 5.10. The SMILES string of the molecule is COCCn1cnc2cc(N3CCN(c4nc5c(cnn5C)c(=O)[nH]4)CC3)ccc2c1=O. The molecule has 0 spiro atoms. The van der Waals surface area contributed by atoms with E-state index in [0.29, 0.717) is 54.1 Å². The minimum Gasteiger partial charge on any atom is -0.383 e. The first kappa shape index (κ1) is 20.2. The van der Waals surface area contributed by atoms with Crippen LogP contribution in [0.15, 0.2) is 40.3 Å². The number of nitrogens with one attached hydrogen (secondary N) is 1. The lowest BCUT2D eigenvalue weighted by molar-refractivity contribution is 0.186. The fraction of sp³-hybridized carbons (Fsp3) is 0.381. The van der Waals surface area contributed by atoms with Crippen LogP contribution >= 0.6 is 0 Å². The Morgan fingerprint density at radius 1 is 1.09 bits per heavy atom. The van der Waals surface area contributed by atoms with E-state index in [2.05, 4.69) is 29.9 Å². The minimum absolute atomic E-state index is 0.0657. The second-order valence-electron chi connectivity index (χ2n) is 7.81. The van der Waals surface area contributed by atoms with Gasteiger partial charge >= 0.3 is 0 Å². The fourth-order valence-corrected chi connectivity index (χ4v) is 4.04. The molecule has 32 heavy (non-hydrogen) atoms. The summed E-state index contributed by atoms with van der Waals surface area (Å²) < 4.78 is 8.23. The highest BCUT2D eigenvalue weighted by molar-refractivity contribution is 5.81. The lowest BCUT2D eigenvalue weighted by Gasteiger charge is -2.36. The normalized spacial score (nSPS) is 14.6. The zero-order valence-corrected chi connectivity index (χ0v) is 18.0. The molecular weight excluding hydrogens is 412 g/mol. The molecule has 0 radical (unpaired) electrons. The lowest BCUT2D eigenvalue weighted by Crippen LogP contribution is -2.47. The highest BCUT2D eigenvalue weighted by Gasteiger charge is 2.21. The van der Waals surface area contributed by atoms with Crippen molar-refractivity contribution < 1.29 is 4.74 Å². The summed E-state index contributed by atoms with van der Waals surface area (Å²) in [4.78, 5) is 41.2. The number of benzene rings is 1. The van der Waals surface area contributed by atoms with Gasteiger partial charge in [-0.3, -0.25) is 23.8 Å². The molecule has 0 atom stereocenters. The van der Waals surface area contributed by atoms with Crippen molar-refractivity contribution in [2.75, 3.05) is 49.7 Å². The van der Waals surface area contributed by atoms with Gasteiger partial charge in [0.05, 0.1) is 36.6 Å². The number of hydrogen-bond donors (Lipinski definition) is 1. The molecule has 1 aliphatic rings. The first-order valence-electron chi connectivity index (χ1n) is 10.5. The van der Waals surface area contributed by atoms with Crippen molar-refractivity contribution in [2.24, 2.45) is 7.05 Å². The molecule has 0 saturated carbocycles. The van der Waals surface area contributed by atoms with Crippen LogP contribution in [0.2, 0.25) is 0 Å². The van der Waals surface area contributed by atoms with Gasteiger partial charge in [0.2, 0.25) is 5.95 Å². The maximum Gasteiger partial charge on any atom is 0.263 e. The first-order valence-corrected chi connectivity index (χ1v) is 10.5. The third kappa shape index (κ3) is 3.50. The highest BCUT2D eigenvalue weighted by atomic mass is 16.5. The van der Waals surface area contributed by atoms with Gasteiger partial charge in [0, 0.05) is 46.0 Å². The van der Waals surface area contributed by atoms with E-state index in [1.807, 2.05) is 18.2 Å². The van der Waals surface area contributed by atoms with Gasteiger partial charge in [0.15, 0.2) is 5.65 Å². The smallest absolute Gasteiger partial charge is 0.263 e. The number of aryl methyl sites for hydroxylation is 1. The van der Waals surface area contributed by atoms with E-state index in [1.54, 1.807) is 29.7 Å². The van der Waals surface area contributed by atoms with Gasteiger partial charge in [0.1, 0.15) is 5.39 Å². The first-order chi connectivity index (χ1) is 15.5. The van der Waals surface area contributed by atoms with E-state index >= 15 is 0 Å². The summed E-state index contributed by atoms with van der Waals surface area (Å²) in [6, 6.07) is 5.75. The Bertz CT molecular complexity index is 1400. The van der Waals surface area contributed by atoms with E-state index in [4.69, 9.17) is 4.74 Å². The van der Waals surface area contributed by atoms with Gasteiger partial charge in [-0.15, -0.1) is 0 Å². The number of anilines is 2. The molecule has 1 aliphatic heterocycles. The molecule has 11 nitrogen and oxygen atoms in total. The van der Waals surface area contributed by atoms with Crippen LogP contribution < -0.4 is 20.9 Å². The Labute approximate surface area is 182 Å². The molecule has 1 N–H and O–H groups in total. The van der Waals surface area contributed by atoms with Gasteiger partial charge < -0.3 is 14.5 Å². The topological polar surface area (TPSA) is 114 Å². The molecular formula is C21H24N8O3. The number of methoxy groups -OCH3 is 1. The molecule has 1 aromatic carbocycles. The second kappa shape index (κ2) is 8.08. The number of ether oxygens (including phenoxy) is 1. The molecule has 166 valence electrons. The van der Waals surface area contributed by atoms with Crippen molar-refractivity contribution in [1.82, 2.24) is 29.3 Å². The summed E-state index contributed by atoms with van der Waals surface area (Å²) in [5.74, 6) is 0.558. The molecule has 1 fully saturated rings. The number of aromatic nitrogens is 6. The van der Waals surface area contributed by atoms with Gasteiger partial charge in [-0.25, -0.2) is 4.98 Å². The Balaban J connectivity index is 1.34. The molecule has 4 heterocycles. The van der Waals surface area contributed by atoms with Gasteiger partial charge in [-0.2, -0.15) is 10.1 Å². The number of H-pyrrole nitrogens is 1. The quantitative estimate of drug-likeness (QED) is 0.476. The van der Waals surface area contributed by atoms with Crippen molar-refractivity contribution in [2.45, 2.75) is 6.54 Å². The number of hydrogen-bond acceptors (Lipinski definition) is 8. The van der Waals surface area contributed by atoms with Crippen LogP contribution in [-0.4, -0.2) is 69.2 Å². The highest BCUT2D eigenvalue weighted by Crippen LogP contribution is 2.22. The molecule has 4 aromatic rings. The zero-order chi connectivity index (χ0) is 22.2. The Morgan fingerprint density at radius 2 is 1.88 bits per heavy atom. The van der Waals surface area contributed by atoms with Crippen LogP contribution in [0.3, 0.4) is 0 Å². The molecule has 0 amide bonds. The molecule has 1 saturated heterocycles. The van der Waals surface area contributed by atoms with E-state index in [-0.39, 0.29) is 11.1 Å². The second-order valence-corrected chi connectivity index (χ2v) is 7.81. The summed E-state index contributed by atoms with van der Waals surface area (Å²) >= 11 is 0. The standard InChI is InChI=1S/C21H24N8O3/c1-26-18-16(12-23-26)19(30)25-21(24-18)28-7-5-27(6-8-28)14-3-4-15-17(11-14)22-13-29(20(15)31)9-10-32-2/h3-4,11-13H,5-10H2,1-2H3,(H,24,25,30). The van der Waals surface area contributed by atoms with Gasteiger partial charge in [-0.05, 0) is 18.2 Å². The zero-order valence-electron chi connectivity index (χ0n) is 18.0. The molecule has 0 bridgehead atoms. The van der Waals surface area contributed by atoms with E-state index in [1.165, 1.54) is 6.20 Å². The summed E-state index contributed by atoms with van der Waals surface area (Å²) in [6.07, 6.45) is 3.10. The maximum absolute atomic E-state index is 12.7. The van der Waals surface area contributed by atoms with Crippen molar-refractivity contribution in [3.8, 4) is 0 Å². The van der Waals surface area contributed by atoms with Crippen molar-refractivity contribution >= 4 is 33.6 Å². The van der Waals surface area contributed by atoms with Crippen molar-refractivity contribution in [1.29, 1.82) is 0 Å². The number of fused-ring (bicyclic) bond motifs is 2.